The van der Waals surface area contributed by atoms with Gasteiger partial charge in [-0.25, -0.2) is 0 Å². The summed E-state index contributed by atoms with van der Waals surface area (Å²) in [6, 6.07) is 14.0. The van der Waals surface area contributed by atoms with Crippen LogP contribution >= 0.6 is 0 Å². The van der Waals surface area contributed by atoms with Crippen molar-refractivity contribution in [1.82, 2.24) is 4.90 Å². The summed E-state index contributed by atoms with van der Waals surface area (Å²) < 4.78 is 11.6. The number of ether oxygens (including phenoxy) is 2. The lowest BCUT2D eigenvalue weighted by Gasteiger charge is -2.18. The highest BCUT2D eigenvalue weighted by Crippen LogP contribution is 2.23. The van der Waals surface area contributed by atoms with E-state index in [2.05, 4.69) is 18.7 Å². The van der Waals surface area contributed by atoms with E-state index >= 15 is 0 Å². The summed E-state index contributed by atoms with van der Waals surface area (Å²) in [6.45, 7) is 6.87. The van der Waals surface area contributed by atoms with Crippen LogP contribution in [0.3, 0.4) is 0 Å². The van der Waals surface area contributed by atoms with Crippen LogP contribution in [0.25, 0.3) is 0 Å². The van der Waals surface area contributed by atoms with Gasteiger partial charge in [0.2, 0.25) is 0 Å². The number of aliphatic hydroxyl groups excluding tert-OH is 2. The lowest BCUT2D eigenvalue weighted by atomic mass is 10.1. The predicted octanol–water partition coefficient (Wildman–Crippen LogP) is 2.69. The van der Waals surface area contributed by atoms with Crippen molar-refractivity contribution >= 4 is 0 Å². The van der Waals surface area contributed by atoms with E-state index in [-0.39, 0.29) is 12.7 Å². The zero-order valence-electron chi connectivity index (χ0n) is 16.1. The topological polar surface area (TPSA) is 62.2 Å². The van der Waals surface area contributed by atoms with Crippen LogP contribution in [0.5, 0.6) is 11.5 Å². The fourth-order valence-corrected chi connectivity index (χ4v) is 3.24. The zero-order chi connectivity index (χ0) is 19.2. The van der Waals surface area contributed by atoms with Crippen LogP contribution in [-0.4, -0.2) is 53.6 Å². The molecule has 0 aliphatic carbocycles. The number of benzene rings is 2. The third kappa shape index (κ3) is 5.45. The maximum atomic E-state index is 10.4. The fraction of sp³-hybridized carbons (Fsp3) is 0.455. The molecule has 146 valence electrons. The SMILES string of the molecule is Cc1ccc(O[C@H]2CN(Cc3ccc(OCCCO)cc3)C[C@@H]2O)cc1C. The average Bonchev–Trinajstić information content (AvgIpc) is 2.99. The number of rotatable bonds is 8. The molecule has 27 heavy (non-hydrogen) atoms. The van der Waals surface area contributed by atoms with Crippen LogP contribution in [0.2, 0.25) is 0 Å². The molecule has 0 bridgehead atoms. The van der Waals surface area contributed by atoms with Crippen molar-refractivity contribution in [2.24, 2.45) is 0 Å². The molecule has 0 saturated carbocycles. The van der Waals surface area contributed by atoms with E-state index in [1.807, 2.05) is 42.5 Å². The molecule has 2 N–H and O–H groups in total. The molecule has 2 aromatic rings. The van der Waals surface area contributed by atoms with Gasteiger partial charge < -0.3 is 19.7 Å². The van der Waals surface area contributed by atoms with Gasteiger partial charge in [0, 0.05) is 32.7 Å². The van der Waals surface area contributed by atoms with Crippen molar-refractivity contribution in [1.29, 1.82) is 0 Å². The van der Waals surface area contributed by atoms with Gasteiger partial charge in [-0.05, 0) is 54.8 Å². The van der Waals surface area contributed by atoms with Crippen LogP contribution < -0.4 is 9.47 Å². The third-order valence-corrected chi connectivity index (χ3v) is 4.98. The monoisotopic (exact) mass is 371 g/mol. The highest BCUT2D eigenvalue weighted by molar-refractivity contribution is 5.34. The summed E-state index contributed by atoms with van der Waals surface area (Å²) in [4.78, 5) is 2.21. The second kappa shape index (κ2) is 9.22. The van der Waals surface area contributed by atoms with Gasteiger partial charge in [-0.2, -0.15) is 0 Å². The van der Waals surface area contributed by atoms with Gasteiger partial charge in [-0.3, -0.25) is 4.90 Å². The molecule has 1 heterocycles. The summed E-state index contributed by atoms with van der Waals surface area (Å²) >= 11 is 0. The Morgan fingerprint density at radius 1 is 1.00 bits per heavy atom. The largest absolute Gasteiger partial charge is 0.494 e. The second-order valence-corrected chi connectivity index (χ2v) is 7.23. The van der Waals surface area contributed by atoms with Crippen LogP contribution in [0, 0.1) is 13.8 Å². The van der Waals surface area contributed by atoms with Crippen LogP contribution in [0.4, 0.5) is 0 Å². The van der Waals surface area contributed by atoms with Gasteiger partial charge >= 0.3 is 0 Å². The third-order valence-electron chi connectivity index (χ3n) is 4.98. The van der Waals surface area contributed by atoms with E-state index < -0.39 is 6.10 Å². The summed E-state index contributed by atoms with van der Waals surface area (Å²) in [6.07, 6.45) is -0.0733. The number of β-amino-alcohol motifs (C(OH)–C–C–N with tert-alkyl or cyclic N) is 1. The second-order valence-electron chi connectivity index (χ2n) is 7.23. The van der Waals surface area contributed by atoms with E-state index in [0.29, 0.717) is 26.1 Å². The quantitative estimate of drug-likeness (QED) is 0.699. The molecule has 0 unspecified atom stereocenters. The maximum absolute atomic E-state index is 10.4. The van der Waals surface area contributed by atoms with Gasteiger partial charge in [0.1, 0.15) is 23.7 Å². The van der Waals surface area contributed by atoms with Gasteiger partial charge in [-0.1, -0.05) is 18.2 Å². The Kier molecular flexibility index (Phi) is 6.72. The molecule has 1 aliphatic heterocycles. The molecular weight excluding hydrogens is 342 g/mol. The van der Waals surface area contributed by atoms with Gasteiger partial charge in [-0.15, -0.1) is 0 Å². The van der Waals surface area contributed by atoms with E-state index in [4.69, 9.17) is 14.6 Å². The Balaban J connectivity index is 1.52. The minimum atomic E-state index is -0.493. The first kappa shape index (κ1) is 19.7. The molecule has 0 amide bonds. The molecule has 0 radical (unpaired) electrons. The van der Waals surface area contributed by atoms with Crippen LogP contribution in [-0.2, 0) is 6.54 Å². The number of aryl methyl sites for hydroxylation is 2. The number of aliphatic hydroxyl groups is 2. The molecule has 2 aromatic carbocycles. The van der Waals surface area contributed by atoms with Crippen LogP contribution in [0.15, 0.2) is 42.5 Å². The minimum Gasteiger partial charge on any atom is -0.494 e. The Labute approximate surface area is 161 Å². The first-order valence-corrected chi connectivity index (χ1v) is 9.52. The number of hydrogen-bond donors (Lipinski definition) is 2. The van der Waals surface area contributed by atoms with Crippen LogP contribution in [0.1, 0.15) is 23.1 Å². The smallest absolute Gasteiger partial charge is 0.138 e. The van der Waals surface area contributed by atoms with Crippen molar-refractivity contribution in [2.75, 3.05) is 26.3 Å². The molecule has 1 saturated heterocycles. The van der Waals surface area contributed by atoms with E-state index in [1.165, 1.54) is 16.7 Å². The predicted molar refractivity (Wildman–Crippen MR) is 105 cm³/mol. The van der Waals surface area contributed by atoms with Gasteiger partial charge in [0.05, 0.1) is 6.61 Å². The van der Waals surface area contributed by atoms with Crippen molar-refractivity contribution < 1.29 is 19.7 Å². The number of likely N-dealkylation sites (tertiary alicyclic amines) is 1. The molecule has 2 atom stereocenters. The highest BCUT2D eigenvalue weighted by atomic mass is 16.5. The Bertz CT molecular complexity index is 732. The summed E-state index contributed by atoms with van der Waals surface area (Å²) in [5.41, 5.74) is 3.60. The van der Waals surface area contributed by atoms with Crippen molar-refractivity contribution in [2.45, 2.75) is 39.0 Å². The summed E-state index contributed by atoms with van der Waals surface area (Å²) in [5, 5.41) is 19.2. The molecular formula is C22H29NO4. The molecule has 1 aliphatic rings. The van der Waals surface area contributed by atoms with E-state index in [9.17, 15) is 5.11 Å². The molecule has 5 nitrogen and oxygen atoms in total. The van der Waals surface area contributed by atoms with Crippen molar-refractivity contribution in [3.05, 3.63) is 59.2 Å². The van der Waals surface area contributed by atoms with Crippen molar-refractivity contribution in [3.63, 3.8) is 0 Å². The number of nitrogens with zero attached hydrogens (tertiary/aromatic N) is 1. The zero-order valence-corrected chi connectivity index (χ0v) is 16.1. The molecule has 5 heteroatoms. The first-order chi connectivity index (χ1) is 13.0. The van der Waals surface area contributed by atoms with Gasteiger partial charge in [0.25, 0.3) is 0 Å². The minimum absolute atomic E-state index is 0.140. The first-order valence-electron chi connectivity index (χ1n) is 9.52. The molecule has 0 spiro atoms. The number of hydrogen-bond acceptors (Lipinski definition) is 5. The maximum Gasteiger partial charge on any atom is 0.138 e. The molecule has 0 aromatic heterocycles. The Morgan fingerprint density at radius 3 is 2.44 bits per heavy atom. The lowest BCUT2D eigenvalue weighted by Crippen LogP contribution is -2.29. The Morgan fingerprint density at radius 2 is 1.74 bits per heavy atom. The highest BCUT2D eigenvalue weighted by Gasteiger charge is 2.33. The summed E-state index contributed by atoms with van der Waals surface area (Å²) in [5.74, 6) is 1.62. The van der Waals surface area contributed by atoms with Crippen molar-refractivity contribution in [3.8, 4) is 11.5 Å². The summed E-state index contributed by atoms with van der Waals surface area (Å²) in [7, 11) is 0. The molecule has 3 rings (SSSR count). The van der Waals surface area contributed by atoms with E-state index in [0.717, 1.165) is 18.0 Å². The van der Waals surface area contributed by atoms with Gasteiger partial charge in [0.15, 0.2) is 0 Å². The average molecular weight is 371 g/mol. The fourth-order valence-electron chi connectivity index (χ4n) is 3.24. The molecule has 1 fully saturated rings. The Hall–Kier alpha value is -2.08. The lowest BCUT2D eigenvalue weighted by molar-refractivity contribution is 0.0736. The van der Waals surface area contributed by atoms with E-state index in [1.54, 1.807) is 0 Å². The standard InChI is InChI=1S/C22H29NO4/c1-16-4-7-20(12-17(16)2)27-22-15-23(14-21(22)25)13-18-5-8-19(9-6-18)26-11-3-10-24/h4-9,12,21-22,24-25H,3,10-11,13-15H2,1-2H3/t21-,22-/m0/s1. The normalized spacial score (nSPS) is 20.0.